The fraction of sp³-hybridized carbons (Fsp3) is 0.200. The highest BCUT2D eigenvalue weighted by molar-refractivity contribution is 5.27. The number of hydrogen-bond acceptors (Lipinski definition) is 1. The molecule has 82 valence electrons. The van der Waals surface area contributed by atoms with Gasteiger partial charge in [-0.1, -0.05) is 60.2 Å². The van der Waals surface area contributed by atoms with Crippen molar-refractivity contribution in [1.82, 2.24) is 0 Å². The van der Waals surface area contributed by atoms with Crippen molar-refractivity contribution in [3.8, 4) is 0 Å². The average Bonchev–Trinajstić information content (AvgIpc) is 2.30. The quantitative estimate of drug-likeness (QED) is 0.828. The lowest BCUT2D eigenvalue weighted by atomic mass is 9.98. The van der Waals surface area contributed by atoms with Crippen molar-refractivity contribution in [2.45, 2.75) is 19.4 Å². The normalized spacial score (nSPS) is 12.4. The van der Waals surface area contributed by atoms with Crippen LogP contribution in [0, 0.1) is 6.92 Å². The van der Waals surface area contributed by atoms with Gasteiger partial charge in [0.05, 0.1) is 0 Å². The molecule has 1 heteroatoms. The summed E-state index contributed by atoms with van der Waals surface area (Å²) in [6.45, 7) is 2.10. The zero-order valence-electron chi connectivity index (χ0n) is 9.56. The summed E-state index contributed by atoms with van der Waals surface area (Å²) in [4.78, 5) is 0. The molecule has 1 unspecified atom stereocenters. The highest BCUT2D eigenvalue weighted by Crippen LogP contribution is 2.16. The summed E-state index contributed by atoms with van der Waals surface area (Å²) in [5.41, 5.74) is 9.96. The Morgan fingerprint density at radius 2 is 1.75 bits per heavy atom. The van der Waals surface area contributed by atoms with E-state index in [0.29, 0.717) is 0 Å². The number of rotatable bonds is 3. The molecule has 2 aromatic carbocycles. The fourth-order valence-corrected chi connectivity index (χ4v) is 1.89. The van der Waals surface area contributed by atoms with E-state index >= 15 is 0 Å². The lowest BCUT2D eigenvalue weighted by Crippen LogP contribution is -2.13. The van der Waals surface area contributed by atoms with Gasteiger partial charge in [-0.3, -0.25) is 0 Å². The van der Waals surface area contributed by atoms with E-state index in [9.17, 15) is 0 Å². The summed E-state index contributed by atoms with van der Waals surface area (Å²) in [5, 5.41) is 0. The zero-order valence-corrected chi connectivity index (χ0v) is 9.56. The standard InChI is InChI=1S/C15H17N/c1-12-6-5-9-14(10-12)15(16)11-13-7-3-2-4-8-13/h2-10,15H,11,16H2,1H3. The number of aryl methyl sites for hydroxylation is 1. The molecule has 0 aromatic heterocycles. The summed E-state index contributed by atoms with van der Waals surface area (Å²) in [7, 11) is 0. The predicted octanol–water partition coefficient (Wildman–Crippen LogP) is 3.24. The van der Waals surface area contributed by atoms with Crippen molar-refractivity contribution in [3.63, 3.8) is 0 Å². The molecule has 0 aliphatic rings. The first kappa shape index (κ1) is 10.9. The smallest absolute Gasteiger partial charge is 0.0335 e. The Bertz CT molecular complexity index is 448. The van der Waals surface area contributed by atoms with Gasteiger partial charge in [0, 0.05) is 6.04 Å². The van der Waals surface area contributed by atoms with E-state index in [0.717, 1.165) is 6.42 Å². The number of hydrogen-bond donors (Lipinski definition) is 1. The highest BCUT2D eigenvalue weighted by Gasteiger charge is 2.06. The van der Waals surface area contributed by atoms with Crippen LogP contribution in [0.1, 0.15) is 22.7 Å². The van der Waals surface area contributed by atoms with Crippen LogP contribution in [0.4, 0.5) is 0 Å². The summed E-state index contributed by atoms with van der Waals surface area (Å²) >= 11 is 0. The van der Waals surface area contributed by atoms with E-state index in [-0.39, 0.29) is 6.04 Å². The molecule has 0 fully saturated rings. The van der Waals surface area contributed by atoms with Crippen LogP contribution in [-0.2, 0) is 6.42 Å². The average molecular weight is 211 g/mol. The number of benzene rings is 2. The Kier molecular flexibility index (Phi) is 3.37. The van der Waals surface area contributed by atoms with Gasteiger partial charge in [0.2, 0.25) is 0 Å². The van der Waals surface area contributed by atoms with Crippen LogP contribution in [0.5, 0.6) is 0 Å². The Labute approximate surface area is 96.9 Å². The minimum atomic E-state index is 0.0855. The molecule has 2 rings (SSSR count). The van der Waals surface area contributed by atoms with Crippen molar-refractivity contribution in [2.75, 3.05) is 0 Å². The Morgan fingerprint density at radius 1 is 1.00 bits per heavy atom. The van der Waals surface area contributed by atoms with Crippen molar-refractivity contribution in [1.29, 1.82) is 0 Å². The lowest BCUT2D eigenvalue weighted by molar-refractivity contribution is 0.721. The highest BCUT2D eigenvalue weighted by atomic mass is 14.6. The van der Waals surface area contributed by atoms with E-state index < -0.39 is 0 Å². The van der Waals surface area contributed by atoms with Crippen molar-refractivity contribution in [2.24, 2.45) is 5.73 Å². The van der Waals surface area contributed by atoms with E-state index in [1.165, 1.54) is 16.7 Å². The Balaban J connectivity index is 2.12. The molecule has 0 aliphatic heterocycles. The molecule has 0 aliphatic carbocycles. The molecule has 0 saturated heterocycles. The van der Waals surface area contributed by atoms with Crippen molar-refractivity contribution in [3.05, 3.63) is 71.3 Å². The van der Waals surface area contributed by atoms with Gasteiger partial charge in [-0.2, -0.15) is 0 Å². The molecule has 0 radical (unpaired) electrons. The topological polar surface area (TPSA) is 26.0 Å². The lowest BCUT2D eigenvalue weighted by Gasteiger charge is -2.12. The minimum absolute atomic E-state index is 0.0855. The van der Waals surface area contributed by atoms with Gasteiger partial charge in [-0.25, -0.2) is 0 Å². The maximum atomic E-state index is 6.20. The van der Waals surface area contributed by atoms with Crippen LogP contribution in [0.2, 0.25) is 0 Å². The van der Waals surface area contributed by atoms with Gasteiger partial charge in [0.15, 0.2) is 0 Å². The molecule has 2 N–H and O–H groups in total. The minimum Gasteiger partial charge on any atom is -0.324 e. The maximum Gasteiger partial charge on any atom is 0.0335 e. The van der Waals surface area contributed by atoms with Gasteiger partial charge in [-0.05, 0) is 24.5 Å². The third kappa shape index (κ3) is 2.71. The van der Waals surface area contributed by atoms with E-state index in [4.69, 9.17) is 5.73 Å². The Morgan fingerprint density at radius 3 is 2.44 bits per heavy atom. The second kappa shape index (κ2) is 4.95. The monoisotopic (exact) mass is 211 g/mol. The second-order valence-electron chi connectivity index (χ2n) is 4.21. The van der Waals surface area contributed by atoms with Gasteiger partial charge in [0.25, 0.3) is 0 Å². The molecule has 1 atom stereocenters. The molecule has 0 bridgehead atoms. The van der Waals surface area contributed by atoms with Crippen molar-refractivity contribution >= 4 is 0 Å². The van der Waals surface area contributed by atoms with E-state index in [1.807, 2.05) is 6.07 Å². The van der Waals surface area contributed by atoms with Gasteiger partial charge in [-0.15, -0.1) is 0 Å². The van der Waals surface area contributed by atoms with Crippen LogP contribution < -0.4 is 5.73 Å². The summed E-state index contributed by atoms with van der Waals surface area (Å²) < 4.78 is 0. The Hall–Kier alpha value is -1.60. The summed E-state index contributed by atoms with van der Waals surface area (Å²) in [5.74, 6) is 0. The molecule has 1 nitrogen and oxygen atoms in total. The molecule has 0 spiro atoms. The third-order valence-corrected chi connectivity index (χ3v) is 2.77. The second-order valence-corrected chi connectivity index (χ2v) is 4.21. The van der Waals surface area contributed by atoms with Crippen LogP contribution in [0.25, 0.3) is 0 Å². The first-order chi connectivity index (χ1) is 7.75. The van der Waals surface area contributed by atoms with Gasteiger partial charge in [0.1, 0.15) is 0 Å². The zero-order chi connectivity index (χ0) is 11.4. The van der Waals surface area contributed by atoms with Crippen LogP contribution >= 0.6 is 0 Å². The van der Waals surface area contributed by atoms with Crippen LogP contribution in [0.15, 0.2) is 54.6 Å². The first-order valence-corrected chi connectivity index (χ1v) is 5.62. The molecular weight excluding hydrogens is 194 g/mol. The molecule has 0 saturated carbocycles. The van der Waals surface area contributed by atoms with Crippen LogP contribution in [0.3, 0.4) is 0 Å². The SMILES string of the molecule is Cc1cccc(C(N)Cc2ccccc2)c1. The first-order valence-electron chi connectivity index (χ1n) is 5.62. The van der Waals surface area contributed by atoms with Gasteiger partial charge < -0.3 is 5.73 Å². The maximum absolute atomic E-state index is 6.20. The molecule has 0 heterocycles. The summed E-state index contributed by atoms with van der Waals surface area (Å²) in [6.07, 6.45) is 0.893. The number of nitrogens with two attached hydrogens (primary N) is 1. The fourth-order valence-electron chi connectivity index (χ4n) is 1.89. The third-order valence-electron chi connectivity index (χ3n) is 2.77. The van der Waals surface area contributed by atoms with E-state index in [1.54, 1.807) is 0 Å². The molecular formula is C15H17N. The molecule has 2 aromatic rings. The van der Waals surface area contributed by atoms with E-state index in [2.05, 4.69) is 55.5 Å². The molecule has 0 amide bonds. The van der Waals surface area contributed by atoms with Gasteiger partial charge >= 0.3 is 0 Å². The predicted molar refractivity (Wildman–Crippen MR) is 68.3 cm³/mol. The molecule has 16 heavy (non-hydrogen) atoms. The largest absolute Gasteiger partial charge is 0.324 e. The summed E-state index contributed by atoms with van der Waals surface area (Å²) in [6, 6.07) is 18.9. The van der Waals surface area contributed by atoms with Crippen LogP contribution in [-0.4, -0.2) is 0 Å². The van der Waals surface area contributed by atoms with Crippen molar-refractivity contribution < 1.29 is 0 Å².